The van der Waals surface area contributed by atoms with Gasteiger partial charge in [-0.15, -0.1) is 0 Å². The second-order valence-corrected chi connectivity index (χ2v) is 4.54. The monoisotopic (exact) mass is 150 g/mol. The highest BCUT2D eigenvalue weighted by atomic mass is 16.5. The van der Waals surface area contributed by atoms with Gasteiger partial charge in [0.1, 0.15) is 6.10 Å². The first-order valence-corrected chi connectivity index (χ1v) is 4.48. The van der Waals surface area contributed by atoms with Crippen LogP contribution in [0.5, 0.6) is 0 Å². The largest absolute Gasteiger partial charge is 0.462 e. The number of rotatable bonds is 1. The van der Waals surface area contributed by atoms with E-state index >= 15 is 0 Å². The Morgan fingerprint density at radius 1 is 1.00 bits per heavy atom. The molecule has 58 valence electrons. The smallest absolute Gasteiger partial charge is 0.302 e. The second-order valence-electron chi connectivity index (χ2n) is 4.54. The van der Waals surface area contributed by atoms with E-state index in [9.17, 15) is 4.79 Å². The van der Waals surface area contributed by atoms with Gasteiger partial charge in [-0.25, -0.2) is 0 Å². The molecule has 0 N–H and O–H groups in total. The Balaban J connectivity index is 1.65. The normalized spacial score (nSPS) is 71.5. The van der Waals surface area contributed by atoms with Crippen molar-refractivity contribution in [1.82, 2.24) is 0 Å². The van der Waals surface area contributed by atoms with Gasteiger partial charge in [0.05, 0.1) is 0 Å². The second kappa shape index (κ2) is 1.13. The van der Waals surface area contributed by atoms with E-state index in [1.165, 1.54) is 6.92 Å². The third-order valence-electron chi connectivity index (χ3n) is 4.33. The van der Waals surface area contributed by atoms with Gasteiger partial charge in [-0.2, -0.15) is 0 Å². The molecule has 5 aliphatic carbocycles. The summed E-state index contributed by atoms with van der Waals surface area (Å²) in [4.78, 5) is 10.7. The van der Waals surface area contributed by atoms with Crippen molar-refractivity contribution >= 4 is 5.97 Å². The fraction of sp³-hybridized carbons (Fsp3) is 0.889. The average molecular weight is 150 g/mol. The lowest BCUT2D eigenvalue weighted by Gasteiger charge is -2.10. The molecule has 2 heteroatoms. The summed E-state index contributed by atoms with van der Waals surface area (Å²) in [6, 6.07) is 0. The Kier molecular flexibility index (Phi) is 0.534. The summed E-state index contributed by atoms with van der Waals surface area (Å²) in [5.74, 6) is 5.60. The maximum absolute atomic E-state index is 10.7. The number of hydrogen-bond acceptors (Lipinski definition) is 2. The molecule has 0 aromatic carbocycles. The predicted octanol–water partition coefficient (Wildman–Crippen LogP) is 0.670. The highest BCUT2D eigenvalue weighted by Crippen LogP contribution is 2.92. The summed E-state index contributed by atoms with van der Waals surface area (Å²) in [6.07, 6.45) is 0.359. The van der Waals surface area contributed by atoms with Crippen LogP contribution in [-0.4, -0.2) is 12.1 Å². The van der Waals surface area contributed by atoms with E-state index in [1.807, 2.05) is 0 Å². The van der Waals surface area contributed by atoms with Gasteiger partial charge in [0.25, 0.3) is 0 Å². The van der Waals surface area contributed by atoms with Crippen LogP contribution >= 0.6 is 0 Å². The Bertz CT molecular complexity index is 229. The predicted molar refractivity (Wildman–Crippen MR) is 36.5 cm³/mol. The number of carbonyl (C=O) groups is 1. The molecule has 2 nitrogen and oxygen atoms in total. The van der Waals surface area contributed by atoms with Crippen molar-refractivity contribution in [3.05, 3.63) is 0 Å². The number of hydrogen-bond donors (Lipinski definition) is 0. The lowest BCUT2D eigenvalue weighted by atomic mass is 10.0. The molecule has 0 spiro atoms. The molecule has 5 fully saturated rings. The fourth-order valence-corrected chi connectivity index (χ4v) is 4.16. The van der Waals surface area contributed by atoms with Gasteiger partial charge in [-0.1, -0.05) is 0 Å². The molecule has 2 bridgehead atoms. The van der Waals surface area contributed by atoms with Crippen LogP contribution in [0.15, 0.2) is 0 Å². The lowest BCUT2D eigenvalue weighted by Crippen LogP contribution is -2.17. The van der Waals surface area contributed by atoms with E-state index in [4.69, 9.17) is 4.74 Å². The van der Waals surface area contributed by atoms with Crippen molar-refractivity contribution in [2.75, 3.05) is 0 Å². The molecule has 5 rings (SSSR count). The molecule has 0 unspecified atom stereocenters. The van der Waals surface area contributed by atoms with Gasteiger partial charge < -0.3 is 4.74 Å². The van der Waals surface area contributed by atoms with Crippen LogP contribution in [-0.2, 0) is 9.53 Å². The minimum absolute atomic E-state index is 0.0763. The Morgan fingerprint density at radius 3 is 1.82 bits per heavy atom. The molecule has 0 saturated heterocycles. The fourth-order valence-electron chi connectivity index (χ4n) is 4.16. The topological polar surface area (TPSA) is 26.3 Å². The van der Waals surface area contributed by atoms with Crippen molar-refractivity contribution in [1.29, 1.82) is 0 Å². The highest BCUT2D eigenvalue weighted by Gasteiger charge is 2.93. The summed E-state index contributed by atoms with van der Waals surface area (Å²) in [7, 11) is 0. The van der Waals surface area contributed by atoms with Crippen LogP contribution in [0.3, 0.4) is 0 Å². The molecule has 0 aliphatic heterocycles. The van der Waals surface area contributed by atoms with Crippen LogP contribution in [0.2, 0.25) is 0 Å². The quantitative estimate of drug-likeness (QED) is 0.513. The minimum atomic E-state index is -0.0763. The van der Waals surface area contributed by atoms with Crippen molar-refractivity contribution in [3.63, 3.8) is 0 Å². The Morgan fingerprint density at radius 2 is 1.45 bits per heavy atom. The third-order valence-corrected chi connectivity index (χ3v) is 4.33. The van der Waals surface area contributed by atoms with Gasteiger partial charge >= 0.3 is 5.97 Å². The van der Waals surface area contributed by atoms with Crippen LogP contribution in [0.1, 0.15) is 6.92 Å². The zero-order chi connectivity index (χ0) is 7.33. The van der Waals surface area contributed by atoms with Gasteiger partial charge in [0.15, 0.2) is 0 Å². The molecule has 0 heterocycles. The average Bonchev–Trinajstić information content (AvgIpc) is 2.55. The number of ether oxygens (including phenoxy) is 1. The van der Waals surface area contributed by atoms with Gasteiger partial charge in [0.2, 0.25) is 0 Å². The van der Waals surface area contributed by atoms with E-state index in [0.29, 0.717) is 6.10 Å². The van der Waals surface area contributed by atoms with Gasteiger partial charge in [-0.05, 0) is 23.7 Å². The first-order chi connectivity index (χ1) is 5.30. The van der Waals surface area contributed by atoms with E-state index in [1.54, 1.807) is 0 Å². The van der Waals surface area contributed by atoms with Crippen LogP contribution in [0.25, 0.3) is 0 Å². The zero-order valence-corrected chi connectivity index (χ0v) is 6.36. The molecular formula is C9H10O2. The number of carbonyl (C=O) groups excluding carboxylic acids is 1. The van der Waals surface area contributed by atoms with Crippen molar-refractivity contribution in [2.45, 2.75) is 13.0 Å². The summed E-state index contributed by atoms with van der Waals surface area (Å²) in [5.41, 5.74) is 0. The van der Waals surface area contributed by atoms with Gasteiger partial charge in [0, 0.05) is 18.8 Å². The first-order valence-electron chi connectivity index (χ1n) is 4.48. The molecule has 0 amide bonds. The highest BCUT2D eigenvalue weighted by molar-refractivity contribution is 5.66. The maximum atomic E-state index is 10.7. The van der Waals surface area contributed by atoms with Gasteiger partial charge in [-0.3, -0.25) is 4.79 Å². The zero-order valence-electron chi connectivity index (χ0n) is 6.36. The molecule has 11 heavy (non-hydrogen) atoms. The molecule has 5 aliphatic rings. The van der Waals surface area contributed by atoms with E-state index in [2.05, 4.69) is 0 Å². The molecule has 5 saturated carbocycles. The molecular weight excluding hydrogens is 140 g/mol. The SMILES string of the molecule is CC(=O)OC1C2C3C2C2C1C32. The molecule has 0 atom stereocenters. The van der Waals surface area contributed by atoms with Crippen molar-refractivity contribution < 1.29 is 9.53 Å². The van der Waals surface area contributed by atoms with Crippen LogP contribution in [0.4, 0.5) is 0 Å². The number of esters is 1. The Hall–Kier alpha value is -0.530. The third kappa shape index (κ3) is 0.339. The first kappa shape index (κ1) is 5.18. The van der Waals surface area contributed by atoms with E-state index < -0.39 is 0 Å². The standard InChI is InChI=1S/C9H10O2/c1-2(10)11-9-7-3-4(7)6-5(3)8(6)9/h3-9H,1H3. The van der Waals surface area contributed by atoms with Crippen molar-refractivity contribution in [2.24, 2.45) is 35.5 Å². The van der Waals surface area contributed by atoms with Crippen LogP contribution < -0.4 is 0 Å². The van der Waals surface area contributed by atoms with Crippen molar-refractivity contribution in [3.8, 4) is 0 Å². The minimum Gasteiger partial charge on any atom is -0.462 e. The van der Waals surface area contributed by atoms with Crippen LogP contribution in [0, 0.1) is 35.5 Å². The summed E-state index contributed by atoms with van der Waals surface area (Å²) in [5, 5.41) is 0. The molecule has 0 aromatic heterocycles. The summed E-state index contributed by atoms with van der Waals surface area (Å²) >= 11 is 0. The summed E-state index contributed by atoms with van der Waals surface area (Å²) < 4.78 is 5.30. The Labute approximate surface area is 64.9 Å². The lowest BCUT2D eigenvalue weighted by molar-refractivity contribution is -0.147. The maximum Gasteiger partial charge on any atom is 0.302 e. The van der Waals surface area contributed by atoms with E-state index in [-0.39, 0.29) is 5.97 Å². The van der Waals surface area contributed by atoms with E-state index in [0.717, 1.165) is 35.5 Å². The molecule has 0 aromatic rings. The summed E-state index contributed by atoms with van der Waals surface area (Å²) in [6.45, 7) is 1.53. The molecule has 0 radical (unpaired) electrons.